The number of halogens is 1. The molecule has 0 radical (unpaired) electrons. The summed E-state index contributed by atoms with van der Waals surface area (Å²) in [6, 6.07) is 3.32. The maximum atomic E-state index is 11.9. The fraction of sp³-hybridized carbons (Fsp3) is 0.500. The summed E-state index contributed by atoms with van der Waals surface area (Å²) in [4.78, 5) is 11.9. The number of rotatable bonds is 6. The van der Waals surface area contributed by atoms with E-state index in [4.69, 9.17) is 21.1 Å². The van der Waals surface area contributed by atoms with Gasteiger partial charge in [0.25, 0.3) is 0 Å². The molecule has 0 aliphatic carbocycles. The van der Waals surface area contributed by atoms with Gasteiger partial charge in [0, 0.05) is 0 Å². The first kappa shape index (κ1) is 19.5. The number of methoxy groups -OCH3 is 1. The van der Waals surface area contributed by atoms with Gasteiger partial charge in [-0.05, 0) is 38.0 Å². The van der Waals surface area contributed by atoms with Crippen molar-refractivity contribution in [1.29, 1.82) is 0 Å². The number of amides is 1. The average Bonchev–Trinajstić information content (AvgIpc) is 2.89. The van der Waals surface area contributed by atoms with Crippen LogP contribution in [0.25, 0.3) is 0 Å². The minimum absolute atomic E-state index is 0.0406. The molecule has 1 amide bonds. The van der Waals surface area contributed by atoms with Crippen LogP contribution in [0.2, 0.25) is 5.02 Å². The lowest BCUT2D eigenvalue weighted by Crippen LogP contribution is -2.27. The van der Waals surface area contributed by atoms with Gasteiger partial charge in [-0.15, -0.1) is 0 Å². The van der Waals surface area contributed by atoms with E-state index in [9.17, 15) is 13.2 Å². The summed E-state index contributed by atoms with van der Waals surface area (Å²) in [5.41, 5.74) is 2.97. The van der Waals surface area contributed by atoms with Gasteiger partial charge in [-0.25, -0.2) is 13.8 Å². The van der Waals surface area contributed by atoms with E-state index in [0.29, 0.717) is 28.5 Å². The lowest BCUT2D eigenvalue weighted by atomic mass is 10.1. The molecule has 1 aliphatic heterocycles. The SMILES string of the molecule is COc1cc(/C=N\NC(=O)[C@H]2CCS(=O)(=O)C2)cc(Cl)c1OC(C)C. The lowest BCUT2D eigenvalue weighted by Gasteiger charge is -2.15. The topological polar surface area (TPSA) is 94.1 Å². The molecule has 25 heavy (non-hydrogen) atoms. The molecule has 0 bridgehead atoms. The highest BCUT2D eigenvalue weighted by Crippen LogP contribution is 2.36. The molecule has 1 N–H and O–H groups in total. The van der Waals surface area contributed by atoms with Gasteiger partial charge >= 0.3 is 0 Å². The van der Waals surface area contributed by atoms with Crippen molar-refractivity contribution in [2.45, 2.75) is 26.4 Å². The van der Waals surface area contributed by atoms with E-state index in [0.717, 1.165) is 0 Å². The number of ether oxygens (including phenoxy) is 2. The number of sulfone groups is 1. The maximum Gasteiger partial charge on any atom is 0.244 e. The number of nitrogens with zero attached hydrogens (tertiary/aromatic N) is 1. The second-order valence-electron chi connectivity index (χ2n) is 6.03. The molecule has 0 aromatic heterocycles. The molecular weight excluding hydrogens is 368 g/mol. The normalized spacial score (nSPS) is 19.3. The molecule has 2 rings (SSSR count). The van der Waals surface area contributed by atoms with Crippen molar-refractivity contribution in [3.8, 4) is 11.5 Å². The van der Waals surface area contributed by atoms with Gasteiger partial charge in [-0.3, -0.25) is 4.79 Å². The van der Waals surface area contributed by atoms with Crippen LogP contribution in [0.5, 0.6) is 11.5 Å². The van der Waals surface area contributed by atoms with Crippen LogP contribution in [0.3, 0.4) is 0 Å². The third-order valence-electron chi connectivity index (χ3n) is 3.60. The van der Waals surface area contributed by atoms with E-state index in [-0.39, 0.29) is 17.6 Å². The van der Waals surface area contributed by atoms with Gasteiger partial charge in [0.2, 0.25) is 5.91 Å². The predicted octanol–water partition coefficient (Wildman–Crippen LogP) is 2.02. The van der Waals surface area contributed by atoms with E-state index in [1.54, 1.807) is 12.1 Å². The molecule has 7 nitrogen and oxygen atoms in total. The molecule has 0 saturated carbocycles. The smallest absolute Gasteiger partial charge is 0.244 e. The first-order chi connectivity index (χ1) is 11.7. The molecular formula is C16H21ClN2O5S. The highest BCUT2D eigenvalue weighted by Gasteiger charge is 2.32. The second kappa shape index (κ2) is 8.05. The van der Waals surface area contributed by atoms with Crippen LogP contribution in [-0.4, -0.2) is 45.3 Å². The van der Waals surface area contributed by atoms with Crippen LogP contribution in [0.1, 0.15) is 25.8 Å². The van der Waals surface area contributed by atoms with Crippen LogP contribution in [0.4, 0.5) is 0 Å². The van der Waals surface area contributed by atoms with E-state index in [1.165, 1.54) is 13.3 Å². The molecule has 1 fully saturated rings. The Balaban J connectivity index is 2.06. The minimum atomic E-state index is -3.11. The Morgan fingerprint density at radius 2 is 2.16 bits per heavy atom. The molecule has 1 aliphatic rings. The highest BCUT2D eigenvalue weighted by molar-refractivity contribution is 7.91. The van der Waals surface area contributed by atoms with Gasteiger partial charge in [0.1, 0.15) is 0 Å². The highest BCUT2D eigenvalue weighted by atomic mass is 35.5. The molecule has 9 heteroatoms. The summed E-state index contributed by atoms with van der Waals surface area (Å²) in [5.74, 6) is -0.154. The zero-order valence-electron chi connectivity index (χ0n) is 14.3. The van der Waals surface area contributed by atoms with Crippen LogP contribution in [0.15, 0.2) is 17.2 Å². The van der Waals surface area contributed by atoms with E-state index in [1.807, 2.05) is 13.8 Å². The van der Waals surface area contributed by atoms with Crippen LogP contribution < -0.4 is 14.9 Å². The molecule has 1 saturated heterocycles. The van der Waals surface area contributed by atoms with Crippen molar-refractivity contribution in [3.05, 3.63) is 22.7 Å². The number of hydrazone groups is 1. The van der Waals surface area contributed by atoms with Crippen LogP contribution >= 0.6 is 11.6 Å². The van der Waals surface area contributed by atoms with Crippen molar-refractivity contribution < 1.29 is 22.7 Å². The third-order valence-corrected chi connectivity index (χ3v) is 5.65. The van der Waals surface area contributed by atoms with Gasteiger partial charge in [0.05, 0.1) is 41.9 Å². The van der Waals surface area contributed by atoms with E-state index in [2.05, 4.69) is 10.5 Å². The zero-order valence-corrected chi connectivity index (χ0v) is 15.9. The summed E-state index contributed by atoms with van der Waals surface area (Å²) >= 11 is 6.21. The standard InChI is InChI=1S/C16H21ClN2O5S/c1-10(2)24-15-13(17)6-11(7-14(15)23-3)8-18-19-16(20)12-4-5-25(21,22)9-12/h6-8,10,12H,4-5,9H2,1-3H3,(H,19,20)/b18-8-/t12-/m0/s1. The first-order valence-electron chi connectivity index (χ1n) is 7.79. The van der Waals surface area contributed by atoms with Gasteiger partial charge in [-0.1, -0.05) is 11.6 Å². The Hall–Kier alpha value is -1.80. The second-order valence-corrected chi connectivity index (χ2v) is 8.67. The average molecular weight is 389 g/mol. The maximum absolute atomic E-state index is 11.9. The Labute approximate surface area is 152 Å². The Kier molecular flexibility index (Phi) is 6.29. The number of hydrogen-bond acceptors (Lipinski definition) is 6. The van der Waals surface area contributed by atoms with Crippen molar-refractivity contribution in [1.82, 2.24) is 5.43 Å². The quantitative estimate of drug-likeness (QED) is 0.594. The van der Waals surface area contributed by atoms with E-state index < -0.39 is 21.7 Å². The predicted molar refractivity (Wildman–Crippen MR) is 96.3 cm³/mol. The molecule has 0 unspecified atom stereocenters. The monoisotopic (exact) mass is 388 g/mol. The Morgan fingerprint density at radius 3 is 2.72 bits per heavy atom. The van der Waals surface area contributed by atoms with Crippen molar-refractivity contribution in [2.75, 3.05) is 18.6 Å². The van der Waals surface area contributed by atoms with Crippen LogP contribution in [-0.2, 0) is 14.6 Å². The number of hydrogen-bond donors (Lipinski definition) is 1. The van der Waals surface area contributed by atoms with Crippen molar-refractivity contribution in [3.63, 3.8) is 0 Å². The summed E-state index contributed by atoms with van der Waals surface area (Å²) < 4.78 is 33.7. The van der Waals surface area contributed by atoms with Crippen molar-refractivity contribution in [2.24, 2.45) is 11.0 Å². The van der Waals surface area contributed by atoms with Gasteiger partial charge in [-0.2, -0.15) is 5.10 Å². The minimum Gasteiger partial charge on any atom is -0.493 e. The molecule has 1 aromatic rings. The summed E-state index contributed by atoms with van der Waals surface area (Å²) in [6.07, 6.45) is 1.67. The summed E-state index contributed by atoms with van der Waals surface area (Å²) in [5, 5.41) is 4.23. The van der Waals surface area contributed by atoms with Crippen LogP contribution in [0, 0.1) is 5.92 Å². The lowest BCUT2D eigenvalue weighted by molar-refractivity contribution is -0.124. The summed E-state index contributed by atoms with van der Waals surface area (Å²) in [7, 11) is -1.61. The Morgan fingerprint density at radius 1 is 1.44 bits per heavy atom. The number of nitrogens with one attached hydrogen (secondary N) is 1. The fourth-order valence-corrected chi connectivity index (χ4v) is 4.43. The van der Waals surface area contributed by atoms with Crippen molar-refractivity contribution >= 4 is 33.6 Å². The van der Waals surface area contributed by atoms with E-state index >= 15 is 0 Å². The molecule has 1 atom stereocenters. The third kappa shape index (κ3) is 5.34. The first-order valence-corrected chi connectivity index (χ1v) is 9.99. The van der Waals surface area contributed by atoms with Gasteiger partial charge in [0.15, 0.2) is 21.3 Å². The number of benzene rings is 1. The number of carbonyl (C=O) groups excluding carboxylic acids is 1. The molecule has 138 valence electrons. The zero-order chi connectivity index (χ0) is 18.6. The summed E-state index contributed by atoms with van der Waals surface area (Å²) in [6.45, 7) is 3.76. The largest absolute Gasteiger partial charge is 0.493 e. The Bertz CT molecular complexity index is 777. The molecule has 0 spiro atoms. The van der Waals surface area contributed by atoms with Gasteiger partial charge < -0.3 is 9.47 Å². The fourth-order valence-electron chi connectivity index (χ4n) is 2.43. The molecule has 1 heterocycles. The molecule has 1 aromatic carbocycles. The number of carbonyl (C=O) groups is 1.